The van der Waals surface area contributed by atoms with Crippen LogP contribution in [0.25, 0.3) is 5.69 Å². The zero-order chi connectivity index (χ0) is 16.6. The van der Waals surface area contributed by atoms with Crippen LogP contribution in [0.15, 0.2) is 30.5 Å². The molecule has 1 N–H and O–H groups in total. The van der Waals surface area contributed by atoms with Crippen LogP contribution in [0.2, 0.25) is 0 Å². The van der Waals surface area contributed by atoms with E-state index in [-0.39, 0.29) is 18.1 Å². The fourth-order valence-corrected chi connectivity index (χ4v) is 2.66. The van der Waals surface area contributed by atoms with Gasteiger partial charge in [-0.15, -0.1) is 5.10 Å². The van der Waals surface area contributed by atoms with E-state index in [0.29, 0.717) is 13.0 Å². The second kappa shape index (κ2) is 5.49. The summed E-state index contributed by atoms with van der Waals surface area (Å²) in [6.07, 6.45) is 2.02. The molecule has 2 aromatic rings. The van der Waals surface area contributed by atoms with Gasteiger partial charge in [0.2, 0.25) is 0 Å². The summed E-state index contributed by atoms with van der Waals surface area (Å²) in [5, 5.41) is 17.2. The minimum Gasteiger partial charge on any atom is -0.481 e. The Morgan fingerprint density at radius 2 is 1.96 bits per heavy atom. The van der Waals surface area contributed by atoms with Crippen LogP contribution in [0.1, 0.15) is 29.4 Å². The van der Waals surface area contributed by atoms with Gasteiger partial charge in [-0.1, -0.05) is 22.9 Å². The number of carbonyl (C=O) groups is 2. The highest BCUT2D eigenvalue weighted by atomic mass is 16.4. The van der Waals surface area contributed by atoms with Gasteiger partial charge in [0.15, 0.2) is 5.69 Å². The molecule has 0 aliphatic carbocycles. The number of aliphatic carboxylic acids is 1. The molecule has 23 heavy (non-hydrogen) atoms. The van der Waals surface area contributed by atoms with Gasteiger partial charge in [0.1, 0.15) is 0 Å². The molecule has 0 bridgehead atoms. The maximum absolute atomic E-state index is 12.5. The van der Waals surface area contributed by atoms with Crippen molar-refractivity contribution in [3.05, 3.63) is 41.7 Å². The lowest BCUT2D eigenvalue weighted by Gasteiger charge is -2.19. The van der Waals surface area contributed by atoms with Crippen molar-refractivity contribution in [2.45, 2.75) is 20.3 Å². The summed E-state index contributed by atoms with van der Waals surface area (Å²) in [6, 6.07) is 7.71. The summed E-state index contributed by atoms with van der Waals surface area (Å²) >= 11 is 0. The summed E-state index contributed by atoms with van der Waals surface area (Å²) in [4.78, 5) is 25.3. The van der Waals surface area contributed by atoms with Crippen molar-refractivity contribution in [1.82, 2.24) is 19.9 Å². The number of hydrogen-bond donors (Lipinski definition) is 1. The van der Waals surface area contributed by atoms with Gasteiger partial charge in [0, 0.05) is 13.1 Å². The Morgan fingerprint density at radius 1 is 1.26 bits per heavy atom. The minimum absolute atomic E-state index is 0.193. The molecule has 0 radical (unpaired) electrons. The monoisotopic (exact) mass is 314 g/mol. The molecule has 1 amide bonds. The third-order valence-electron chi connectivity index (χ3n) is 4.29. The molecule has 1 fully saturated rings. The molecule has 0 unspecified atom stereocenters. The summed E-state index contributed by atoms with van der Waals surface area (Å²) in [5.74, 6) is -1.16. The molecular formula is C16H18N4O3. The smallest absolute Gasteiger partial charge is 0.311 e. The molecule has 2 heterocycles. The van der Waals surface area contributed by atoms with E-state index >= 15 is 0 Å². The molecule has 1 aromatic heterocycles. The normalized spacial score (nSPS) is 20.7. The maximum Gasteiger partial charge on any atom is 0.311 e. The predicted octanol–water partition coefficient (Wildman–Crippen LogP) is 1.51. The number of nitrogens with zero attached hydrogens (tertiary/aromatic N) is 4. The molecule has 7 heteroatoms. The molecular weight excluding hydrogens is 296 g/mol. The number of likely N-dealkylation sites (tertiary alicyclic amines) is 1. The molecule has 1 aromatic carbocycles. The van der Waals surface area contributed by atoms with E-state index in [0.717, 1.165) is 11.3 Å². The third kappa shape index (κ3) is 2.81. The molecule has 1 aliphatic heterocycles. The second-order valence-electron chi connectivity index (χ2n) is 6.23. The molecule has 0 saturated carbocycles. The average molecular weight is 314 g/mol. The van der Waals surface area contributed by atoms with E-state index < -0.39 is 11.4 Å². The zero-order valence-corrected chi connectivity index (χ0v) is 13.1. The highest BCUT2D eigenvalue weighted by Gasteiger charge is 2.42. The molecule has 0 spiro atoms. The number of hydrogen-bond acceptors (Lipinski definition) is 4. The molecule has 3 rings (SSSR count). The van der Waals surface area contributed by atoms with Crippen molar-refractivity contribution < 1.29 is 14.7 Å². The maximum atomic E-state index is 12.5. The molecule has 120 valence electrons. The Labute approximate surface area is 133 Å². The number of carboxylic acid groups (broad SMARTS) is 1. The quantitative estimate of drug-likeness (QED) is 0.928. The van der Waals surface area contributed by atoms with Crippen molar-refractivity contribution in [3.63, 3.8) is 0 Å². The molecule has 7 nitrogen and oxygen atoms in total. The van der Waals surface area contributed by atoms with Gasteiger partial charge in [0.25, 0.3) is 5.91 Å². The second-order valence-corrected chi connectivity index (χ2v) is 6.23. The summed E-state index contributed by atoms with van der Waals surface area (Å²) in [7, 11) is 0. The first-order valence-corrected chi connectivity index (χ1v) is 7.41. The van der Waals surface area contributed by atoms with Gasteiger partial charge in [-0.05, 0) is 32.4 Å². The third-order valence-corrected chi connectivity index (χ3v) is 4.29. The Bertz CT molecular complexity index is 753. The zero-order valence-electron chi connectivity index (χ0n) is 13.1. The fraction of sp³-hybridized carbons (Fsp3) is 0.375. The standard InChI is InChI=1S/C16H18N4O3/c1-11-3-5-12(6-4-11)20-9-13(17-18-20)14(21)19-8-7-16(2,10-19)15(22)23/h3-6,9H,7-8,10H2,1-2H3,(H,22,23)/t16-/m0/s1. The van der Waals surface area contributed by atoms with Crippen molar-refractivity contribution in [3.8, 4) is 5.69 Å². The van der Waals surface area contributed by atoms with E-state index in [4.69, 9.17) is 0 Å². The number of carbonyl (C=O) groups excluding carboxylic acids is 1. The van der Waals surface area contributed by atoms with E-state index in [1.807, 2.05) is 31.2 Å². The van der Waals surface area contributed by atoms with Gasteiger partial charge in [-0.3, -0.25) is 9.59 Å². The number of benzene rings is 1. The highest BCUT2D eigenvalue weighted by Crippen LogP contribution is 2.30. The lowest BCUT2D eigenvalue weighted by Crippen LogP contribution is -2.35. The molecule has 1 saturated heterocycles. The number of aryl methyl sites for hydroxylation is 1. The Balaban J connectivity index is 1.77. The number of amides is 1. The minimum atomic E-state index is -0.886. The van der Waals surface area contributed by atoms with Gasteiger partial charge in [-0.25, -0.2) is 4.68 Å². The number of aromatic nitrogens is 3. The van der Waals surface area contributed by atoms with E-state index in [2.05, 4.69) is 10.3 Å². The van der Waals surface area contributed by atoms with Crippen LogP contribution < -0.4 is 0 Å². The highest BCUT2D eigenvalue weighted by molar-refractivity contribution is 5.93. The SMILES string of the molecule is Cc1ccc(-n2cc(C(=O)N3CC[C@](C)(C(=O)O)C3)nn2)cc1. The first-order valence-electron chi connectivity index (χ1n) is 7.41. The van der Waals surface area contributed by atoms with Crippen LogP contribution in [0.3, 0.4) is 0 Å². The van der Waals surface area contributed by atoms with Crippen molar-refractivity contribution >= 4 is 11.9 Å². The van der Waals surface area contributed by atoms with Crippen molar-refractivity contribution in [2.75, 3.05) is 13.1 Å². The Morgan fingerprint density at radius 3 is 2.57 bits per heavy atom. The first kappa shape index (κ1) is 15.2. The summed E-state index contributed by atoms with van der Waals surface area (Å²) < 4.78 is 1.54. The topological polar surface area (TPSA) is 88.3 Å². The van der Waals surface area contributed by atoms with Crippen LogP contribution in [0.4, 0.5) is 0 Å². The van der Waals surface area contributed by atoms with E-state index in [1.165, 1.54) is 4.90 Å². The fourth-order valence-electron chi connectivity index (χ4n) is 2.66. The predicted molar refractivity (Wildman–Crippen MR) is 82.4 cm³/mol. The molecule has 1 atom stereocenters. The van der Waals surface area contributed by atoms with Crippen LogP contribution in [-0.4, -0.2) is 50.0 Å². The largest absolute Gasteiger partial charge is 0.481 e. The van der Waals surface area contributed by atoms with Crippen LogP contribution in [0, 0.1) is 12.3 Å². The lowest BCUT2D eigenvalue weighted by molar-refractivity contribution is -0.147. The van der Waals surface area contributed by atoms with Crippen molar-refractivity contribution in [2.24, 2.45) is 5.41 Å². The van der Waals surface area contributed by atoms with Gasteiger partial charge in [0.05, 0.1) is 17.3 Å². The van der Waals surface area contributed by atoms with E-state index in [9.17, 15) is 14.7 Å². The lowest BCUT2D eigenvalue weighted by atomic mass is 9.90. The van der Waals surface area contributed by atoms with Crippen molar-refractivity contribution in [1.29, 1.82) is 0 Å². The molecule has 1 aliphatic rings. The van der Waals surface area contributed by atoms with Crippen LogP contribution in [0.5, 0.6) is 0 Å². The summed E-state index contributed by atoms with van der Waals surface area (Å²) in [5.41, 5.74) is 1.29. The van der Waals surface area contributed by atoms with Crippen LogP contribution in [-0.2, 0) is 4.79 Å². The number of carboxylic acids is 1. The van der Waals surface area contributed by atoms with Gasteiger partial charge >= 0.3 is 5.97 Å². The average Bonchev–Trinajstić information content (AvgIpc) is 3.15. The van der Waals surface area contributed by atoms with Gasteiger partial charge < -0.3 is 10.0 Å². The Hall–Kier alpha value is -2.70. The summed E-state index contributed by atoms with van der Waals surface area (Å²) in [6.45, 7) is 4.26. The van der Waals surface area contributed by atoms with Crippen LogP contribution >= 0.6 is 0 Å². The first-order chi connectivity index (χ1) is 10.9. The number of rotatable bonds is 3. The Kier molecular flexibility index (Phi) is 3.63. The van der Waals surface area contributed by atoms with Gasteiger partial charge in [-0.2, -0.15) is 0 Å². The van der Waals surface area contributed by atoms with E-state index in [1.54, 1.807) is 17.8 Å².